The van der Waals surface area contributed by atoms with Gasteiger partial charge in [0.2, 0.25) is 100 Å². The molecule has 1 unspecified atom stereocenters. The van der Waals surface area contributed by atoms with Crippen molar-refractivity contribution in [3.05, 3.63) is 161 Å². The van der Waals surface area contributed by atoms with Crippen molar-refractivity contribution in [2.24, 2.45) is 46.4 Å². The Morgan fingerprint density at radius 2 is 0.973 bits per heavy atom. The summed E-state index contributed by atoms with van der Waals surface area (Å²) in [5.74, 6) is -25.0. The number of hydrogen-bond donors (Lipinski definition) is 22. The average Bonchev–Trinajstić information content (AvgIpc) is 0.839. The highest BCUT2D eigenvalue weighted by Gasteiger charge is 2.42. The standard InChI is InChI=1S/C102H142N20O25S2/c1-56(2)45-74-92(134)110-71(39-43-105)90(132)115-78(47-60-18-11-9-12-19-60)98(140)121-86(57(3)4)100(142)111-70(23-16-41-103)89(131)120-81(99(141)109-69(38-42-104)87(107)129)54-148-55-83(124)108-72(40-44-149(8)146)91(133)114-76(50-63-28-34-68(35-29-63)147-53-85(127)128)95(137)119-80(52-84(125)126)97(139)118-79(51-64-20-15-17-58(5)46-64)96(138)117-77(49-62-26-32-67(33-27-62)102(144)145)94(136)116-75(48-61-24-30-66(31-25-61)65-21-13-10-14-22-65)93(135)112-73(36-37-82(106)123)101(143)122(7)59(6)88(130)113-74/h10,13-15,17,20-22,24-35,46,56-57,59-60,69-81,86H,9,11-12,16,18-19,23,36-45,47-55,103-105H2,1-8H3,(H2,106,123)(H2,107,129)(H,108,124)(H,109,141)(H,110,134)(H,111,142)(H,112,135)(H,113,130)(H,114,133)(H,115,132)(H,116,136)(H,117,138)(H,118,139)(H,119,137)(H,120,131)(H,121,140)(H,125,126)(H,127,128)(H,144,145)/t59-,69-,70-,71-,72-,73-,74+,75-,76-,77-,78-,79-,80-,81-,86-,149?/m0/s1. The molecule has 0 spiro atoms. The summed E-state index contributed by atoms with van der Waals surface area (Å²) >= 11 is -1.02. The second-order valence-electron chi connectivity index (χ2n) is 37.9. The van der Waals surface area contributed by atoms with E-state index in [1.165, 1.54) is 68.8 Å². The van der Waals surface area contributed by atoms with Crippen molar-refractivity contribution in [3.63, 3.8) is 0 Å². The van der Waals surface area contributed by atoms with Crippen molar-refractivity contribution < 1.29 is 120 Å². The van der Waals surface area contributed by atoms with Crippen molar-refractivity contribution in [2.45, 2.75) is 254 Å². The highest BCUT2D eigenvalue weighted by molar-refractivity contribution is 8.00. The first-order valence-electron chi connectivity index (χ1n) is 49.5. The number of nitrogens with two attached hydrogens (primary N) is 5. The topological polar surface area (TPSA) is 736 Å². The summed E-state index contributed by atoms with van der Waals surface area (Å²) in [6.07, 6.45) is -0.331. The number of nitrogens with zero attached hydrogens (tertiary/aromatic N) is 1. The molecule has 16 atom stereocenters. The predicted molar refractivity (Wildman–Crippen MR) is 552 cm³/mol. The molecule has 1 aliphatic heterocycles. The lowest BCUT2D eigenvalue weighted by Gasteiger charge is -2.32. The second-order valence-corrected chi connectivity index (χ2v) is 40.5. The summed E-state index contributed by atoms with van der Waals surface area (Å²) in [7, 11) is 1.19. The smallest absolute Gasteiger partial charge is 0.341 e. The van der Waals surface area contributed by atoms with E-state index < -0.39 is 296 Å². The van der Waals surface area contributed by atoms with Crippen LogP contribution >= 0.6 is 11.8 Å². The van der Waals surface area contributed by atoms with Gasteiger partial charge < -0.3 is 133 Å². The fourth-order valence-corrected chi connectivity index (χ4v) is 18.2. The van der Waals surface area contributed by atoms with Crippen LogP contribution in [0.25, 0.3) is 11.1 Å². The fourth-order valence-electron chi connectivity index (χ4n) is 16.7. The van der Waals surface area contributed by atoms with Gasteiger partial charge in [-0.1, -0.05) is 180 Å². The summed E-state index contributed by atoms with van der Waals surface area (Å²) in [6.45, 7) is 8.41. The lowest BCUT2D eigenvalue weighted by Crippen LogP contribution is -2.62. The fraction of sp³-hybridized carbons (Fsp3) is 0.510. The molecule has 47 heteroatoms. The number of hydrogen-bond acceptors (Lipinski definition) is 26. The summed E-state index contributed by atoms with van der Waals surface area (Å²) in [5.41, 5.74) is 32.4. The van der Waals surface area contributed by atoms with Gasteiger partial charge in [-0.3, -0.25) is 86.3 Å². The average molecular weight is 2110 g/mol. The number of carboxylic acids is 3. The number of benzene rings is 5. The Labute approximate surface area is 871 Å². The van der Waals surface area contributed by atoms with Gasteiger partial charge in [-0.2, -0.15) is 0 Å². The van der Waals surface area contributed by atoms with E-state index in [1.807, 2.05) is 30.3 Å². The van der Waals surface area contributed by atoms with Crippen LogP contribution in [-0.4, -0.2) is 291 Å². The molecule has 149 heavy (non-hydrogen) atoms. The number of rotatable bonds is 36. The minimum absolute atomic E-state index is 0.0230. The van der Waals surface area contributed by atoms with Gasteiger partial charge in [0.15, 0.2) is 6.61 Å². The molecule has 45 nitrogen and oxygen atoms in total. The molecule has 1 aliphatic carbocycles. The zero-order valence-corrected chi connectivity index (χ0v) is 86.5. The Morgan fingerprint density at radius 1 is 0.497 bits per heavy atom. The van der Waals surface area contributed by atoms with Crippen LogP contribution in [0.15, 0.2) is 127 Å². The molecule has 1 saturated carbocycles. The number of aliphatic carboxylic acids is 2. The number of carboxylic acid groups (broad SMARTS) is 3. The van der Waals surface area contributed by atoms with Gasteiger partial charge in [0, 0.05) is 51.3 Å². The van der Waals surface area contributed by atoms with E-state index in [4.69, 9.17) is 33.4 Å². The number of thioether (sulfide) groups is 1. The first kappa shape index (κ1) is 122. The van der Waals surface area contributed by atoms with E-state index in [0.717, 1.165) is 35.3 Å². The SMILES string of the molecule is Cc1cccc(C[C@@H]2NC(=O)[C@H](CC(=O)O)NC(=O)[C@H](Cc3ccc(OCC(=O)O)cc3)NC(=O)[C@H](CC[S+](C)[O-])NC(=O)CSC[C@@H](C(=O)N[C@@H](CCN)C(N)=O)NC(=O)[C@H](CCCN)NC(=O)[C@H](C(C)C)NC(=O)[C@H](CC3CCCCC3)NC(=O)[C@H](CCN)NC(=O)[C@@H](CC(C)C)NC(=O)[C@H](C)N(C)C(=O)[C@H](CCC(N)=O)NC(=O)[C@H](Cc3ccc(-c4ccccc4)cc3)NC(=O)[C@H](Cc3ccc(C(=O)O)cc3)NC2=O)c1. The third-order valence-corrected chi connectivity index (χ3v) is 26.9. The molecule has 2 fully saturated rings. The van der Waals surface area contributed by atoms with Crippen LogP contribution in [0.1, 0.15) is 169 Å². The lowest BCUT2D eigenvalue weighted by atomic mass is 9.84. The van der Waals surface area contributed by atoms with Gasteiger partial charge in [-0.25, -0.2) is 9.59 Å². The Hall–Kier alpha value is -14.2. The number of carbonyl (C=O) groups is 20. The van der Waals surface area contributed by atoms with E-state index in [-0.39, 0.29) is 98.2 Å². The molecule has 1 heterocycles. The van der Waals surface area contributed by atoms with Crippen LogP contribution in [-0.2, 0) is 128 Å². The number of carbonyl (C=O) groups excluding carboxylic acids is 17. The molecule has 5 aromatic carbocycles. The quantitative estimate of drug-likeness (QED) is 0.0205. The largest absolute Gasteiger partial charge is 0.617 e. The van der Waals surface area contributed by atoms with Crippen molar-refractivity contribution in [2.75, 3.05) is 56.8 Å². The van der Waals surface area contributed by atoms with Gasteiger partial charge in [0.25, 0.3) is 0 Å². The zero-order chi connectivity index (χ0) is 110. The first-order valence-corrected chi connectivity index (χ1v) is 52.4. The maximum atomic E-state index is 15.8. The normalized spacial score (nSPS) is 23.1. The lowest BCUT2D eigenvalue weighted by molar-refractivity contribution is -0.143. The van der Waals surface area contributed by atoms with E-state index in [2.05, 4.69) is 74.4 Å². The maximum Gasteiger partial charge on any atom is 0.341 e. The highest BCUT2D eigenvalue weighted by Crippen LogP contribution is 2.29. The van der Waals surface area contributed by atoms with Gasteiger partial charge in [-0.05, 0) is 154 Å². The number of likely N-dealkylation sites (N-methyl/N-ethyl adjacent to an activating group) is 1. The Balaban J connectivity index is 1.39. The molecule has 0 radical (unpaired) electrons. The summed E-state index contributed by atoms with van der Waals surface area (Å²) in [4.78, 5) is 290. The van der Waals surface area contributed by atoms with Crippen LogP contribution in [0.5, 0.6) is 5.75 Å². The summed E-state index contributed by atoms with van der Waals surface area (Å²) in [6, 6.07) is 7.62. The van der Waals surface area contributed by atoms with Gasteiger partial charge in [0.1, 0.15) is 102 Å². The molecular weight excluding hydrogens is 1970 g/mol. The number of aromatic carboxylic acids is 1. The molecular formula is C102H142N20O25S2. The predicted octanol–water partition coefficient (Wildman–Crippen LogP) is -1.42. The number of amides is 17. The number of ether oxygens (including phenoxy) is 1. The van der Waals surface area contributed by atoms with E-state index in [1.54, 1.807) is 83.1 Å². The summed E-state index contributed by atoms with van der Waals surface area (Å²) < 4.78 is 18.3. The van der Waals surface area contributed by atoms with Gasteiger partial charge in [0.05, 0.1) is 24.0 Å². The van der Waals surface area contributed by atoms with E-state index in [9.17, 15) is 77.4 Å². The molecule has 1 saturated heterocycles. The van der Waals surface area contributed by atoms with Crippen LogP contribution in [0, 0.1) is 24.7 Å². The number of primary amides is 2. The Kier molecular flexibility index (Phi) is 50.3. The third kappa shape index (κ3) is 41.5. The molecule has 0 bridgehead atoms. The number of aryl methyl sites for hydroxylation is 1. The Morgan fingerprint density at radius 3 is 1.48 bits per heavy atom. The summed E-state index contributed by atoms with van der Waals surface area (Å²) in [5, 5.41) is 66.6. The first-order chi connectivity index (χ1) is 70.7. The highest BCUT2D eigenvalue weighted by atomic mass is 32.2. The van der Waals surface area contributed by atoms with Crippen molar-refractivity contribution >= 4 is 141 Å². The van der Waals surface area contributed by atoms with E-state index in [0.29, 0.717) is 41.3 Å². The third-order valence-electron chi connectivity index (χ3n) is 25.1. The minimum Gasteiger partial charge on any atom is -0.617 e. The van der Waals surface area contributed by atoms with Crippen LogP contribution < -0.4 is 108 Å². The molecule has 812 valence electrons. The Bertz CT molecular complexity index is 5430. The molecule has 27 N–H and O–H groups in total. The van der Waals surface area contributed by atoms with Crippen LogP contribution in [0.4, 0.5) is 0 Å². The second kappa shape index (κ2) is 61.6. The molecule has 2 aliphatic rings. The van der Waals surface area contributed by atoms with E-state index >= 15 is 38.4 Å². The monoisotopic (exact) mass is 2110 g/mol. The van der Waals surface area contributed by atoms with Gasteiger partial charge >= 0.3 is 17.9 Å². The van der Waals surface area contributed by atoms with Crippen molar-refractivity contribution in [1.82, 2.24) is 79.3 Å². The minimum atomic E-state index is -2.19. The maximum absolute atomic E-state index is 15.8. The van der Waals surface area contributed by atoms with Crippen molar-refractivity contribution in [1.29, 1.82) is 0 Å². The molecule has 17 amide bonds. The van der Waals surface area contributed by atoms with Gasteiger partial charge in [-0.15, -0.1) is 11.8 Å². The molecule has 5 aromatic rings. The van der Waals surface area contributed by atoms with Crippen LogP contribution in [0.3, 0.4) is 0 Å². The number of nitrogens with one attached hydrogen (secondary N) is 14. The van der Waals surface area contributed by atoms with Crippen molar-refractivity contribution in [3.8, 4) is 16.9 Å². The van der Waals surface area contributed by atoms with Crippen LogP contribution in [0.2, 0.25) is 0 Å². The molecule has 0 aromatic heterocycles. The zero-order valence-electron chi connectivity index (χ0n) is 84.9. The molecule has 7 rings (SSSR count).